The molecule has 1 aromatic rings. The highest BCUT2D eigenvalue weighted by molar-refractivity contribution is 7.09. The first-order chi connectivity index (χ1) is 8.36. The van der Waals surface area contributed by atoms with Crippen LogP contribution in [0.2, 0.25) is 0 Å². The molecule has 4 nitrogen and oxygen atoms in total. The quantitative estimate of drug-likeness (QED) is 0.831. The molecule has 0 N–H and O–H groups in total. The maximum atomic E-state index is 5.89. The molecule has 0 aromatic carbocycles. The van der Waals surface area contributed by atoms with E-state index in [4.69, 9.17) is 14.2 Å². The average Bonchev–Trinajstić information content (AvgIpc) is 3.01. The van der Waals surface area contributed by atoms with Crippen LogP contribution in [0.25, 0.3) is 0 Å². The second kappa shape index (κ2) is 5.02. The van der Waals surface area contributed by atoms with Crippen LogP contribution in [0.1, 0.15) is 30.6 Å². The van der Waals surface area contributed by atoms with Gasteiger partial charge < -0.3 is 14.2 Å². The number of hydrogen-bond donors (Lipinski definition) is 0. The Balaban J connectivity index is 1.45. The largest absolute Gasteiger partial charge is 0.373 e. The Morgan fingerprint density at radius 3 is 2.76 bits per heavy atom. The highest BCUT2D eigenvalue weighted by Crippen LogP contribution is 2.36. The number of hydrogen-bond acceptors (Lipinski definition) is 5. The topological polar surface area (TPSA) is 40.6 Å². The summed E-state index contributed by atoms with van der Waals surface area (Å²) in [5, 5.41) is 0. The van der Waals surface area contributed by atoms with Crippen molar-refractivity contribution in [2.24, 2.45) is 0 Å². The molecule has 3 rings (SSSR count). The van der Waals surface area contributed by atoms with Crippen molar-refractivity contribution >= 4 is 11.3 Å². The van der Waals surface area contributed by atoms with Gasteiger partial charge in [0, 0.05) is 19.0 Å². The van der Waals surface area contributed by atoms with Crippen LogP contribution in [-0.4, -0.2) is 30.1 Å². The Kier molecular flexibility index (Phi) is 3.42. The van der Waals surface area contributed by atoms with Crippen LogP contribution in [0.3, 0.4) is 0 Å². The van der Waals surface area contributed by atoms with Gasteiger partial charge >= 0.3 is 0 Å². The van der Waals surface area contributed by atoms with E-state index < -0.39 is 0 Å². The summed E-state index contributed by atoms with van der Waals surface area (Å²) in [7, 11) is 0. The minimum absolute atomic E-state index is 0.273. The molecule has 1 spiro atoms. The molecule has 1 saturated carbocycles. The molecule has 5 heteroatoms. The van der Waals surface area contributed by atoms with E-state index in [1.165, 1.54) is 4.88 Å². The number of thiazole rings is 1. The maximum absolute atomic E-state index is 5.89. The number of ether oxygens (including phenoxy) is 3. The molecule has 2 fully saturated rings. The van der Waals surface area contributed by atoms with Crippen LogP contribution in [0.15, 0.2) is 11.7 Å². The minimum Gasteiger partial charge on any atom is -0.373 e. The predicted octanol–water partition coefficient (Wildman–Crippen LogP) is 2.35. The molecular weight excluding hydrogens is 238 g/mol. The lowest BCUT2D eigenvalue weighted by Gasteiger charge is -2.35. The summed E-state index contributed by atoms with van der Waals surface area (Å²) in [5.41, 5.74) is 1.84. The number of aromatic nitrogens is 1. The number of rotatable bonds is 3. The van der Waals surface area contributed by atoms with E-state index in [9.17, 15) is 0 Å². The fourth-order valence-corrected chi connectivity index (χ4v) is 3.01. The maximum Gasteiger partial charge on any atom is 0.168 e. The van der Waals surface area contributed by atoms with E-state index in [0.29, 0.717) is 12.7 Å². The van der Waals surface area contributed by atoms with E-state index in [1.54, 1.807) is 11.3 Å². The molecule has 0 unspecified atom stereocenters. The van der Waals surface area contributed by atoms with Gasteiger partial charge in [0.15, 0.2) is 5.79 Å². The molecule has 0 atom stereocenters. The molecule has 0 amide bonds. The van der Waals surface area contributed by atoms with Crippen molar-refractivity contribution in [1.29, 1.82) is 0 Å². The van der Waals surface area contributed by atoms with E-state index >= 15 is 0 Å². The second-order valence-corrected chi connectivity index (χ2v) is 5.56. The minimum atomic E-state index is -0.273. The van der Waals surface area contributed by atoms with Crippen molar-refractivity contribution in [1.82, 2.24) is 4.98 Å². The molecule has 1 aliphatic heterocycles. The normalized spacial score (nSPS) is 24.5. The summed E-state index contributed by atoms with van der Waals surface area (Å²) in [4.78, 5) is 5.24. The Morgan fingerprint density at radius 1 is 1.35 bits per heavy atom. The van der Waals surface area contributed by atoms with Crippen molar-refractivity contribution in [3.8, 4) is 0 Å². The molecule has 0 bridgehead atoms. The van der Waals surface area contributed by atoms with Crippen molar-refractivity contribution in [3.63, 3.8) is 0 Å². The first kappa shape index (κ1) is 11.6. The lowest BCUT2D eigenvalue weighted by molar-refractivity contribution is -0.192. The standard InChI is InChI=1S/C12H17NO3S/c1-3-12(15-5-6-16-12)4-2-10(1)14-8-11-7-13-9-17-11/h7,9-10H,1-6,8H2. The van der Waals surface area contributed by atoms with Crippen LogP contribution in [0, 0.1) is 0 Å². The molecule has 1 saturated heterocycles. The fourth-order valence-electron chi connectivity index (χ4n) is 2.50. The van der Waals surface area contributed by atoms with Crippen molar-refractivity contribution in [2.45, 2.75) is 44.2 Å². The van der Waals surface area contributed by atoms with E-state index in [-0.39, 0.29) is 5.79 Å². The summed E-state index contributed by atoms with van der Waals surface area (Å²) in [6.07, 6.45) is 6.19. The molecule has 17 heavy (non-hydrogen) atoms. The monoisotopic (exact) mass is 255 g/mol. The molecule has 1 aliphatic carbocycles. The van der Waals surface area contributed by atoms with Gasteiger partial charge in [0.05, 0.1) is 36.3 Å². The molecule has 2 aliphatic rings. The van der Waals surface area contributed by atoms with Gasteiger partial charge in [-0.1, -0.05) is 0 Å². The lowest BCUT2D eigenvalue weighted by atomic mass is 9.92. The van der Waals surface area contributed by atoms with E-state index in [2.05, 4.69) is 4.98 Å². The van der Waals surface area contributed by atoms with Gasteiger partial charge in [-0.05, 0) is 12.8 Å². The van der Waals surface area contributed by atoms with Gasteiger partial charge in [0.1, 0.15) is 0 Å². The summed E-state index contributed by atoms with van der Waals surface area (Å²) >= 11 is 1.64. The Labute approximate surface area is 105 Å². The predicted molar refractivity (Wildman–Crippen MR) is 63.8 cm³/mol. The zero-order valence-electron chi connectivity index (χ0n) is 9.76. The first-order valence-electron chi connectivity index (χ1n) is 6.13. The first-order valence-corrected chi connectivity index (χ1v) is 7.01. The van der Waals surface area contributed by atoms with E-state index in [0.717, 1.165) is 38.9 Å². The molecule has 1 aromatic heterocycles. The number of nitrogens with zero attached hydrogens (tertiary/aromatic N) is 1. The van der Waals surface area contributed by atoms with Crippen LogP contribution in [0.5, 0.6) is 0 Å². The van der Waals surface area contributed by atoms with Crippen LogP contribution in [0.4, 0.5) is 0 Å². The highest BCUT2D eigenvalue weighted by atomic mass is 32.1. The van der Waals surface area contributed by atoms with Crippen LogP contribution >= 0.6 is 11.3 Å². The van der Waals surface area contributed by atoms with Crippen LogP contribution < -0.4 is 0 Å². The molecule has 2 heterocycles. The molecular formula is C12H17NO3S. The highest BCUT2D eigenvalue weighted by Gasteiger charge is 2.40. The van der Waals surface area contributed by atoms with Crippen molar-refractivity contribution < 1.29 is 14.2 Å². The Bertz CT molecular complexity index is 339. The summed E-state index contributed by atoms with van der Waals surface area (Å²) in [6.45, 7) is 2.17. The second-order valence-electron chi connectivity index (χ2n) is 4.59. The summed E-state index contributed by atoms with van der Waals surface area (Å²) in [6, 6.07) is 0. The third-order valence-corrected chi connectivity index (χ3v) is 4.21. The van der Waals surface area contributed by atoms with Crippen LogP contribution in [-0.2, 0) is 20.8 Å². The van der Waals surface area contributed by atoms with E-state index in [1.807, 2.05) is 11.7 Å². The lowest BCUT2D eigenvalue weighted by Crippen LogP contribution is -2.37. The zero-order valence-corrected chi connectivity index (χ0v) is 10.6. The van der Waals surface area contributed by atoms with Gasteiger partial charge in [-0.3, -0.25) is 4.98 Å². The van der Waals surface area contributed by atoms with Gasteiger partial charge in [-0.25, -0.2) is 0 Å². The van der Waals surface area contributed by atoms with Crippen molar-refractivity contribution in [2.75, 3.05) is 13.2 Å². The van der Waals surface area contributed by atoms with Gasteiger partial charge in [-0.15, -0.1) is 11.3 Å². The Morgan fingerprint density at radius 2 is 2.12 bits per heavy atom. The molecule has 0 radical (unpaired) electrons. The van der Waals surface area contributed by atoms with Crippen molar-refractivity contribution in [3.05, 3.63) is 16.6 Å². The zero-order chi connectivity index (χ0) is 11.6. The average molecular weight is 255 g/mol. The smallest absolute Gasteiger partial charge is 0.168 e. The molecule has 94 valence electrons. The fraction of sp³-hybridized carbons (Fsp3) is 0.750. The summed E-state index contributed by atoms with van der Waals surface area (Å²) in [5.74, 6) is -0.273. The third kappa shape index (κ3) is 2.68. The van der Waals surface area contributed by atoms with Gasteiger partial charge in [-0.2, -0.15) is 0 Å². The Hall–Kier alpha value is -0.490. The third-order valence-electron chi connectivity index (χ3n) is 3.45. The van der Waals surface area contributed by atoms with Gasteiger partial charge in [0.2, 0.25) is 0 Å². The SMILES string of the molecule is c1ncc(COC2CCC3(CC2)OCCO3)s1. The summed E-state index contributed by atoms with van der Waals surface area (Å²) < 4.78 is 17.3. The van der Waals surface area contributed by atoms with Gasteiger partial charge in [0.25, 0.3) is 0 Å².